The first-order chi connectivity index (χ1) is 10.2. The van der Waals surface area contributed by atoms with Crippen LogP contribution in [0.15, 0.2) is 48.5 Å². The molecule has 1 saturated heterocycles. The van der Waals surface area contributed by atoms with E-state index in [0.29, 0.717) is 18.1 Å². The molecule has 0 amide bonds. The Labute approximate surface area is 129 Å². The molecular weight excluding hydrogens is 284 g/mol. The molecule has 1 aliphatic heterocycles. The van der Waals surface area contributed by atoms with Crippen molar-refractivity contribution in [3.63, 3.8) is 0 Å². The van der Waals surface area contributed by atoms with Crippen LogP contribution in [-0.4, -0.2) is 17.3 Å². The van der Waals surface area contributed by atoms with Gasteiger partial charge in [0, 0.05) is 5.02 Å². The predicted octanol–water partition coefficient (Wildman–Crippen LogP) is 4.22. The van der Waals surface area contributed by atoms with Gasteiger partial charge in [-0.3, -0.25) is 0 Å². The molecule has 2 aliphatic rings. The van der Waals surface area contributed by atoms with Crippen LogP contribution in [0.4, 0.5) is 0 Å². The van der Waals surface area contributed by atoms with Crippen molar-refractivity contribution in [1.29, 1.82) is 0 Å². The summed E-state index contributed by atoms with van der Waals surface area (Å²) >= 11 is 5.91. The van der Waals surface area contributed by atoms with Gasteiger partial charge in [-0.25, -0.2) is 0 Å². The Kier molecular flexibility index (Phi) is 3.26. The summed E-state index contributed by atoms with van der Waals surface area (Å²) in [5.41, 5.74) is 3.27. The number of benzene rings is 2. The Morgan fingerprint density at radius 3 is 2.00 bits per heavy atom. The van der Waals surface area contributed by atoms with E-state index in [-0.39, 0.29) is 6.10 Å². The maximum absolute atomic E-state index is 10.5. The maximum Gasteiger partial charge on any atom is 0.0845 e. The van der Waals surface area contributed by atoms with Crippen LogP contribution in [0.2, 0.25) is 5.02 Å². The van der Waals surface area contributed by atoms with Gasteiger partial charge < -0.3 is 9.84 Å². The van der Waals surface area contributed by atoms with Crippen molar-refractivity contribution in [1.82, 2.24) is 0 Å². The second-order valence-electron chi connectivity index (χ2n) is 6.02. The number of hydrogen-bond donors (Lipinski definition) is 1. The Balaban J connectivity index is 1.51. The van der Waals surface area contributed by atoms with Crippen molar-refractivity contribution in [3.05, 3.63) is 59.1 Å². The van der Waals surface area contributed by atoms with Crippen molar-refractivity contribution in [2.45, 2.75) is 31.2 Å². The van der Waals surface area contributed by atoms with Crippen LogP contribution in [0.5, 0.6) is 0 Å². The molecule has 0 spiro atoms. The van der Waals surface area contributed by atoms with Gasteiger partial charge in [0.25, 0.3) is 0 Å². The molecule has 2 aromatic rings. The molecule has 2 aromatic carbocycles. The smallest absolute Gasteiger partial charge is 0.0845 e. The first-order valence-corrected chi connectivity index (χ1v) is 7.78. The van der Waals surface area contributed by atoms with Crippen LogP contribution < -0.4 is 0 Å². The molecule has 4 atom stereocenters. The van der Waals surface area contributed by atoms with Crippen molar-refractivity contribution in [2.75, 3.05) is 0 Å². The average Bonchev–Trinajstić information content (AvgIpc) is 3.13. The van der Waals surface area contributed by atoms with Gasteiger partial charge in [0.05, 0.1) is 18.3 Å². The fourth-order valence-corrected chi connectivity index (χ4v) is 3.46. The summed E-state index contributed by atoms with van der Waals surface area (Å²) in [6.07, 6.45) is 2.44. The minimum Gasteiger partial charge on any atom is -0.388 e. The second kappa shape index (κ2) is 5.13. The normalized spacial score (nSPS) is 28.2. The molecule has 0 aromatic heterocycles. The summed E-state index contributed by atoms with van der Waals surface area (Å²) in [7, 11) is 0. The lowest BCUT2D eigenvalue weighted by atomic mass is 9.92. The van der Waals surface area contributed by atoms with Crippen molar-refractivity contribution >= 4 is 11.6 Å². The number of aliphatic hydroxyl groups is 1. The number of aliphatic hydroxyl groups excluding tert-OH is 1. The zero-order valence-electron chi connectivity index (χ0n) is 11.6. The third kappa shape index (κ3) is 2.59. The molecular formula is C18H17ClO2. The fraction of sp³-hybridized carbons (Fsp3) is 0.333. The number of halogens is 1. The van der Waals surface area contributed by atoms with Crippen LogP contribution in [-0.2, 0) is 4.74 Å². The van der Waals surface area contributed by atoms with E-state index < -0.39 is 0 Å². The summed E-state index contributed by atoms with van der Waals surface area (Å²) in [5.74, 6) is 0.343. The van der Waals surface area contributed by atoms with Crippen molar-refractivity contribution < 1.29 is 9.84 Å². The quantitative estimate of drug-likeness (QED) is 0.861. The van der Waals surface area contributed by atoms with Gasteiger partial charge in [0.15, 0.2) is 0 Å². The number of fused-ring (bicyclic) bond motifs is 1. The molecule has 1 N–H and O–H groups in total. The Morgan fingerprint density at radius 1 is 0.905 bits per heavy atom. The second-order valence-corrected chi connectivity index (χ2v) is 6.45. The van der Waals surface area contributed by atoms with E-state index in [1.807, 2.05) is 36.4 Å². The van der Waals surface area contributed by atoms with Gasteiger partial charge in [-0.15, -0.1) is 0 Å². The zero-order valence-corrected chi connectivity index (χ0v) is 12.3. The highest BCUT2D eigenvalue weighted by Gasteiger charge is 2.49. The summed E-state index contributed by atoms with van der Waals surface area (Å²) < 4.78 is 5.43. The minimum atomic E-state index is -0.374. The molecule has 108 valence electrons. The first kappa shape index (κ1) is 13.3. The van der Waals surface area contributed by atoms with E-state index >= 15 is 0 Å². The van der Waals surface area contributed by atoms with Crippen LogP contribution in [0.3, 0.4) is 0 Å². The van der Waals surface area contributed by atoms with Crippen LogP contribution in [0, 0.1) is 5.92 Å². The van der Waals surface area contributed by atoms with Crippen LogP contribution >= 0.6 is 11.6 Å². The Hall–Kier alpha value is -1.35. The van der Waals surface area contributed by atoms with Gasteiger partial charge in [-0.1, -0.05) is 48.0 Å². The van der Waals surface area contributed by atoms with E-state index in [9.17, 15) is 5.11 Å². The van der Waals surface area contributed by atoms with Gasteiger partial charge in [0.1, 0.15) is 0 Å². The third-order valence-electron chi connectivity index (χ3n) is 4.63. The number of epoxide rings is 1. The molecule has 1 aliphatic carbocycles. The fourth-order valence-electron chi connectivity index (χ4n) is 3.33. The van der Waals surface area contributed by atoms with Crippen molar-refractivity contribution in [3.8, 4) is 11.1 Å². The lowest BCUT2D eigenvalue weighted by Gasteiger charge is -2.19. The minimum absolute atomic E-state index is 0.343. The molecule has 1 heterocycles. The largest absolute Gasteiger partial charge is 0.388 e. The molecule has 0 bridgehead atoms. The third-order valence-corrected chi connectivity index (χ3v) is 4.89. The zero-order chi connectivity index (χ0) is 14.4. The van der Waals surface area contributed by atoms with Gasteiger partial charge in [0.2, 0.25) is 0 Å². The van der Waals surface area contributed by atoms with Gasteiger partial charge in [-0.2, -0.15) is 0 Å². The highest BCUT2D eigenvalue weighted by atomic mass is 35.5. The Morgan fingerprint density at radius 2 is 1.43 bits per heavy atom. The van der Waals surface area contributed by atoms with Gasteiger partial charge in [-0.05, 0) is 47.6 Å². The summed E-state index contributed by atoms with van der Waals surface area (Å²) in [6.45, 7) is 0. The SMILES string of the molecule is O[C@@H](c1ccc(-c2ccc(Cl)cc2)cc1)C1C[C@@H]2O[C@@H]2C1. The molecule has 3 heteroatoms. The highest BCUT2D eigenvalue weighted by molar-refractivity contribution is 6.30. The highest BCUT2D eigenvalue weighted by Crippen LogP contribution is 2.47. The first-order valence-electron chi connectivity index (χ1n) is 7.40. The lowest BCUT2D eigenvalue weighted by molar-refractivity contribution is 0.0866. The van der Waals surface area contributed by atoms with E-state index in [1.165, 1.54) is 0 Å². The molecule has 1 unspecified atom stereocenters. The average molecular weight is 301 g/mol. The molecule has 2 nitrogen and oxygen atoms in total. The lowest BCUT2D eigenvalue weighted by Crippen LogP contribution is -2.11. The summed E-state index contributed by atoms with van der Waals surface area (Å²) in [4.78, 5) is 0. The molecule has 0 radical (unpaired) electrons. The number of rotatable bonds is 3. The van der Waals surface area contributed by atoms with E-state index in [2.05, 4.69) is 12.1 Å². The van der Waals surface area contributed by atoms with E-state index in [4.69, 9.17) is 16.3 Å². The van der Waals surface area contributed by atoms with E-state index in [0.717, 1.165) is 34.6 Å². The monoisotopic (exact) mass is 300 g/mol. The molecule has 2 fully saturated rings. The molecule has 21 heavy (non-hydrogen) atoms. The Bertz CT molecular complexity index is 625. The van der Waals surface area contributed by atoms with Crippen LogP contribution in [0.25, 0.3) is 11.1 Å². The van der Waals surface area contributed by atoms with Crippen LogP contribution in [0.1, 0.15) is 24.5 Å². The molecule has 4 rings (SSSR count). The van der Waals surface area contributed by atoms with Crippen molar-refractivity contribution in [2.24, 2.45) is 5.92 Å². The topological polar surface area (TPSA) is 32.8 Å². The molecule has 1 saturated carbocycles. The standard InChI is InChI=1S/C18H17ClO2/c19-15-7-5-12(6-8-15)11-1-3-13(4-2-11)18(20)14-9-16-17(10-14)21-16/h1-8,14,16-18,20H,9-10H2/t14?,16-,17+,18-/m0/s1. The maximum atomic E-state index is 10.5. The summed E-state index contributed by atoms with van der Waals surface area (Å²) in [6, 6.07) is 16.0. The summed E-state index contributed by atoms with van der Waals surface area (Å²) in [5, 5.41) is 11.2. The van der Waals surface area contributed by atoms with E-state index in [1.54, 1.807) is 0 Å². The van der Waals surface area contributed by atoms with Gasteiger partial charge >= 0.3 is 0 Å². The number of ether oxygens (including phenoxy) is 1. The predicted molar refractivity (Wildman–Crippen MR) is 83.2 cm³/mol. The number of hydrogen-bond acceptors (Lipinski definition) is 2.